The molecule has 0 bridgehead atoms. The monoisotopic (exact) mass is 736 g/mol. The van der Waals surface area contributed by atoms with Crippen molar-refractivity contribution in [3.63, 3.8) is 0 Å². The summed E-state index contributed by atoms with van der Waals surface area (Å²) in [5, 5.41) is 33.3. The lowest BCUT2D eigenvalue weighted by molar-refractivity contribution is -0.124. The molecule has 4 N–H and O–H groups in total. The summed E-state index contributed by atoms with van der Waals surface area (Å²) in [7, 11) is 0. The lowest BCUT2D eigenvalue weighted by Crippen LogP contribution is -2.50. The Balaban J connectivity index is 3.43. The van der Waals surface area contributed by atoms with Crippen LogP contribution in [0.1, 0.15) is 258 Å². The zero-order chi connectivity index (χ0) is 38.0. The Kier molecular flexibility index (Phi) is 42.1. The van der Waals surface area contributed by atoms with E-state index in [-0.39, 0.29) is 12.5 Å². The average Bonchev–Trinajstić information content (AvgIpc) is 3.15. The fraction of sp³-hybridized carbons (Fsp3) is 0.936. The van der Waals surface area contributed by atoms with Gasteiger partial charge >= 0.3 is 0 Å². The second-order valence-electron chi connectivity index (χ2n) is 16.3. The van der Waals surface area contributed by atoms with Crippen LogP contribution in [0.5, 0.6) is 0 Å². The second kappa shape index (κ2) is 42.8. The van der Waals surface area contributed by atoms with Gasteiger partial charge in [-0.1, -0.05) is 225 Å². The lowest BCUT2D eigenvalue weighted by atomic mass is 10.0. The average molecular weight is 736 g/mol. The highest BCUT2D eigenvalue weighted by Crippen LogP contribution is 2.17. The van der Waals surface area contributed by atoms with E-state index in [4.69, 9.17) is 0 Å². The van der Waals surface area contributed by atoms with Crippen LogP contribution in [0.3, 0.4) is 0 Å². The van der Waals surface area contributed by atoms with Crippen molar-refractivity contribution in [1.82, 2.24) is 5.32 Å². The molecule has 3 unspecified atom stereocenters. The third-order valence-corrected chi connectivity index (χ3v) is 11.1. The maximum absolute atomic E-state index is 12.4. The molecule has 0 heterocycles. The summed E-state index contributed by atoms with van der Waals surface area (Å²) in [6.07, 6.45) is 50.9. The summed E-state index contributed by atoms with van der Waals surface area (Å²) in [6, 6.07) is -0.819. The molecule has 5 heteroatoms. The Labute approximate surface area is 325 Å². The molecule has 0 saturated carbocycles. The van der Waals surface area contributed by atoms with Gasteiger partial charge in [0.05, 0.1) is 18.8 Å². The normalized spacial score (nSPS) is 13.6. The minimum absolute atomic E-state index is 0.152. The first kappa shape index (κ1) is 51.1. The summed E-state index contributed by atoms with van der Waals surface area (Å²) in [6.45, 7) is 4.12. The Morgan fingerprint density at radius 2 is 0.769 bits per heavy atom. The van der Waals surface area contributed by atoms with Crippen molar-refractivity contribution in [3.05, 3.63) is 12.2 Å². The van der Waals surface area contributed by atoms with E-state index in [1.807, 2.05) is 0 Å². The van der Waals surface area contributed by atoms with Gasteiger partial charge in [0.15, 0.2) is 0 Å². The maximum atomic E-state index is 12.4. The molecule has 1 amide bonds. The topological polar surface area (TPSA) is 89.8 Å². The van der Waals surface area contributed by atoms with E-state index < -0.39 is 18.2 Å². The van der Waals surface area contributed by atoms with Gasteiger partial charge in [0.2, 0.25) is 5.91 Å². The molecular weight excluding hydrogens is 643 g/mol. The number of amides is 1. The molecule has 0 saturated heterocycles. The van der Waals surface area contributed by atoms with Crippen LogP contribution in [0.25, 0.3) is 0 Å². The maximum Gasteiger partial charge on any atom is 0.220 e. The van der Waals surface area contributed by atoms with Gasteiger partial charge in [0.1, 0.15) is 6.10 Å². The van der Waals surface area contributed by atoms with Gasteiger partial charge in [-0.3, -0.25) is 4.79 Å². The lowest BCUT2D eigenvalue weighted by Gasteiger charge is -2.26. The summed E-state index contributed by atoms with van der Waals surface area (Å²) in [4.78, 5) is 12.4. The molecule has 310 valence electrons. The number of allylic oxidation sites excluding steroid dienone is 2. The first-order valence-corrected chi connectivity index (χ1v) is 23.5. The van der Waals surface area contributed by atoms with Crippen molar-refractivity contribution in [2.45, 2.75) is 276 Å². The van der Waals surface area contributed by atoms with E-state index in [2.05, 4.69) is 31.3 Å². The zero-order valence-electron chi connectivity index (χ0n) is 35.2. The van der Waals surface area contributed by atoms with E-state index in [0.29, 0.717) is 12.8 Å². The number of hydrogen-bond acceptors (Lipinski definition) is 4. The van der Waals surface area contributed by atoms with E-state index >= 15 is 0 Å². The van der Waals surface area contributed by atoms with Crippen LogP contribution in [0.2, 0.25) is 0 Å². The second-order valence-corrected chi connectivity index (χ2v) is 16.3. The highest BCUT2D eigenvalue weighted by atomic mass is 16.3. The van der Waals surface area contributed by atoms with Gasteiger partial charge in [-0.05, 0) is 38.5 Å². The van der Waals surface area contributed by atoms with Crippen LogP contribution in [-0.2, 0) is 4.79 Å². The van der Waals surface area contributed by atoms with Crippen molar-refractivity contribution >= 4 is 5.91 Å². The Morgan fingerprint density at radius 3 is 1.12 bits per heavy atom. The third-order valence-electron chi connectivity index (χ3n) is 11.1. The molecule has 0 fully saturated rings. The van der Waals surface area contributed by atoms with Crippen molar-refractivity contribution in [2.24, 2.45) is 0 Å². The summed E-state index contributed by atoms with van der Waals surface area (Å²) >= 11 is 0. The predicted molar refractivity (Wildman–Crippen MR) is 227 cm³/mol. The molecule has 0 aromatic rings. The van der Waals surface area contributed by atoms with Crippen LogP contribution in [0, 0.1) is 0 Å². The molecule has 0 aromatic heterocycles. The zero-order valence-corrected chi connectivity index (χ0v) is 35.2. The number of aliphatic hydroxyl groups is 3. The number of nitrogens with one attached hydrogen (secondary N) is 1. The highest BCUT2D eigenvalue weighted by molar-refractivity contribution is 5.76. The fourth-order valence-electron chi connectivity index (χ4n) is 7.46. The first-order chi connectivity index (χ1) is 25.6. The van der Waals surface area contributed by atoms with Crippen molar-refractivity contribution in [2.75, 3.05) is 6.61 Å². The minimum atomic E-state index is -1.15. The first-order valence-electron chi connectivity index (χ1n) is 23.5. The molecule has 0 spiro atoms. The number of unbranched alkanes of at least 4 members (excludes halogenated alkanes) is 33. The molecule has 0 rings (SSSR count). The van der Waals surface area contributed by atoms with Gasteiger partial charge in [-0.15, -0.1) is 0 Å². The molecule has 3 atom stereocenters. The van der Waals surface area contributed by atoms with Crippen LogP contribution < -0.4 is 5.32 Å². The van der Waals surface area contributed by atoms with E-state index in [1.165, 1.54) is 193 Å². The standard InChI is InChI=1S/C47H93NO4/c1-3-5-7-9-11-13-14-15-16-17-18-19-20-21-22-23-24-25-26-27-28-29-30-31-32-33-34-36-38-40-42-46(51)48-44(43-49)47(52)45(50)41-39-37-35-12-10-8-6-4-2/h12,35,44-45,47,49-50,52H,3-11,13-34,36-43H2,1-2H3,(H,48,51)/b35-12+. The SMILES string of the molecule is CCCCC/C=C/CCCC(O)C(O)C(CO)NC(=O)CCCCCCCCCCCCCCCCCCCCCCCCCCCCCCCC. The summed E-state index contributed by atoms with van der Waals surface area (Å²) < 4.78 is 0. The number of rotatable bonds is 43. The van der Waals surface area contributed by atoms with E-state index in [0.717, 1.165) is 38.5 Å². The number of carbonyl (C=O) groups is 1. The summed E-state index contributed by atoms with van der Waals surface area (Å²) in [5.41, 5.74) is 0. The summed E-state index contributed by atoms with van der Waals surface area (Å²) in [5.74, 6) is -0.152. The van der Waals surface area contributed by atoms with Gasteiger partial charge in [0, 0.05) is 6.42 Å². The smallest absolute Gasteiger partial charge is 0.220 e. The van der Waals surface area contributed by atoms with Gasteiger partial charge in [-0.2, -0.15) is 0 Å². The molecule has 0 aliphatic heterocycles. The van der Waals surface area contributed by atoms with Crippen molar-refractivity contribution < 1.29 is 20.1 Å². The molecule has 52 heavy (non-hydrogen) atoms. The molecule has 0 radical (unpaired) electrons. The Hall–Kier alpha value is -0.910. The molecule has 0 aliphatic carbocycles. The fourth-order valence-corrected chi connectivity index (χ4v) is 7.46. The van der Waals surface area contributed by atoms with E-state index in [1.54, 1.807) is 0 Å². The Morgan fingerprint density at radius 1 is 0.462 bits per heavy atom. The Bertz CT molecular complexity index is 728. The predicted octanol–water partition coefficient (Wildman–Crippen LogP) is 13.6. The van der Waals surface area contributed by atoms with Gasteiger partial charge < -0.3 is 20.6 Å². The molecule has 5 nitrogen and oxygen atoms in total. The highest BCUT2D eigenvalue weighted by Gasteiger charge is 2.26. The van der Waals surface area contributed by atoms with Crippen molar-refractivity contribution in [3.8, 4) is 0 Å². The quantitative estimate of drug-likeness (QED) is 0.0371. The minimum Gasteiger partial charge on any atom is -0.394 e. The van der Waals surface area contributed by atoms with Gasteiger partial charge in [-0.25, -0.2) is 0 Å². The van der Waals surface area contributed by atoms with Gasteiger partial charge in [0.25, 0.3) is 0 Å². The van der Waals surface area contributed by atoms with Crippen molar-refractivity contribution in [1.29, 1.82) is 0 Å². The molecule has 0 aliphatic rings. The number of aliphatic hydroxyl groups excluding tert-OH is 3. The van der Waals surface area contributed by atoms with Crippen LogP contribution >= 0.6 is 0 Å². The largest absolute Gasteiger partial charge is 0.394 e. The van der Waals surface area contributed by atoms with Crippen LogP contribution in [-0.4, -0.2) is 46.1 Å². The molecular formula is C47H93NO4. The van der Waals surface area contributed by atoms with E-state index in [9.17, 15) is 20.1 Å². The third kappa shape index (κ3) is 37.4. The number of hydrogen-bond donors (Lipinski definition) is 4. The molecule has 0 aromatic carbocycles. The van der Waals surface area contributed by atoms with Crippen LogP contribution in [0.15, 0.2) is 12.2 Å². The number of carbonyl (C=O) groups excluding carboxylic acids is 1. The van der Waals surface area contributed by atoms with Crippen LogP contribution in [0.4, 0.5) is 0 Å².